The van der Waals surface area contributed by atoms with Gasteiger partial charge in [0.05, 0.1) is 6.61 Å². The molecule has 1 rings (SSSR count). The van der Waals surface area contributed by atoms with Crippen molar-refractivity contribution in [1.82, 2.24) is 10.0 Å². The van der Waals surface area contributed by atoms with Gasteiger partial charge < -0.3 is 4.74 Å². The number of benzene rings is 1. The number of methoxy groups -OCH3 is 1. The minimum Gasteiger partial charge on any atom is -0.384 e. The Morgan fingerprint density at radius 2 is 2.00 bits per heavy atom. The molecule has 0 bridgehead atoms. The quantitative estimate of drug-likeness (QED) is 0.616. The summed E-state index contributed by atoms with van der Waals surface area (Å²) in [7, 11) is 1.58. The van der Waals surface area contributed by atoms with Crippen LogP contribution in [0.25, 0.3) is 0 Å². The highest BCUT2D eigenvalue weighted by molar-refractivity contribution is 7.97. The Hall–Kier alpha value is -1.53. The van der Waals surface area contributed by atoms with Gasteiger partial charge in [-0.25, -0.2) is 4.79 Å². The maximum atomic E-state index is 11.5. The molecule has 1 aromatic rings. The molecule has 0 aliphatic rings. The molecule has 5 nitrogen and oxygen atoms in total. The van der Waals surface area contributed by atoms with Crippen LogP contribution in [-0.2, 0) is 4.74 Å². The molecule has 0 saturated heterocycles. The molecular weight excluding hydrogens is 240 g/mol. The molecule has 6 heteroatoms. The van der Waals surface area contributed by atoms with Gasteiger partial charge in [0, 0.05) is 18.4 Å². The van der Waals surface area contributed by atoms with E-state index in [1.165, 1.54) is 11.9 Å². The largest absolute Gasteiger partial charge is 0.384 e. The Morgan fingerprint density at radius 3 is 2.65 bits per heavy atom. The number of amides is 3. The molecule has 0 heterocycles. The van der Waals surface area contributed by atoms with Crippen LogP contribution < -0.4 is 10.0 Å². The predicted octanol–water partition coefficient (Wildman–Crippen LogP) is 1.42. The van der Waals surface area contributed by atoms with Crippen LogP contribution in [0.5, 0.6) is 0 Å². The lowest BCUT2D eigenvalue weighted by Gasteiger charge is -2.05. The van der Waals surface area contributed by atoms with Crippen LogP contribution in [0.4, 0.5) is 4.79 Å². The van der Waals surface area contributed by atoms with Gasteiger partial charge in [0.25, 0.3) is 5.91 Å². The van der Waals surface area contributed by atoms with Crippen molar-refractivity contribution >= 4 is 23.9 Å². The Balaban J connectivity index is 2.29. The Morgan fingerprint density at radius 1 is 1.29 bits per heavy atom. The summed E-state index contributed by atoms with van der Waals surface area (Å²) < 4.78 is 7.30. The molecule has 17 heavy (non-hydrogen) atoms. The van der Waals surface area contributed by atoms with Crippen molar-refractivity contribution in [2.75, 3.05) is 19.5 Å². The lowest BCUT2D eigenvalue weighted by molar-refractivity contribution is 0.0965. The molecule has 92 valence electrons. The minimum absolute atomic E-state index is 0.421. The van der Waals surface area contributed by atoms with Crippen LogP contribution in [0.1, 0.15) is 10.4 Å². The second kappa shape index (κ2) is 7.70. The van der Waals surface area contributed by atoms with Crippen molar-refractivity contribution in [2.24, 2.45) is 0 Å². The van der Waals surface area contributed by atoms with E-state index in [2.05, 4.69) is 10.0 Å². The van der Waals surface area contributed by atoms with Crippen molar-refractivity contribution < 1.29 is 14.3 Å². The molecule has 0 unspecified atom stereocenters. The molecule has 0 atom stereocenters. The van der Waals surface area contributed by atoms with E-state index < -0.39 is 11.9 Å². The fourth-order valence-electron chi connectivity index (χ4n) is 1.03. The van der Waals surface area contributed by atoms with E-state index in [-0.39, 0.29) is 0 Å². The highest BCUT2D eigenvalue weighted by Gasteiger charge is 2.08. The Bertz CT molecular complexity index is 370. The summed E-state index contributed by atoms with van der Waals surface area (Å²) in [6.45, 7) is 0.539. The lowest BCUT2D eigenvalue weighted by Crippen LogP contribution is -2.36. The number of imide groups is 1. The van der Waals surface area contributed by atoms with Gasteiger partial charge in [-0.1, -0.05) is 18.2 Å². The first kappa shape index (κ1) is 13.5. The van der Waals surface area contributed by atoms with Gasteiger partial charge in [0.2, 0.25) is 0 Å². The number of hydrogen-bond donors (Lipinski definition) is 2. The third kappa shape index (κ3) is 5.37. The van der Waals surface area contributed by atoms with Crippen LogP contribution in [-0.4, -0.2) is 31.4 Å². The van der Waals surface area contributed by atoms with Gasteiger partial charge >= 0.3 is 6.03 Å². The highest BCUT2D eigenvalue weighted by Crippen LogP contribution is 1.98. The topological polar surface area (TPSA) is 67.4 Å². The summed E-state index contributed by atoms with van der Waals surface area (Å²) in [5.74, 6) is 0.208. The van der Waals surface area contributed by atoms with E-state index in [9.17, 15) is 9.59 Å². The first-order valence-corrected chi connectivity index (χ1v) is 5.99. The highest BCUT2D eigenvalue weighted by atomic mass is 32.2. The standard InChI is InChI=1S/C11H14N2O3S/c1-16-7-8-17-13-11(15)12-10(14)9-5-3-2-4-6-9/h2-6H,7-8H2,1H3,(H2,12,13,14,15). The number of ether oxygens (including phenoxy) is 1. The molecule has 0 aromatic heterocycles. The summed E-state index contributed by atoms with van der Waals surface area (Å²) >= 11 is 1.18. The van der Waals surface area contributed by atoms with Crippen molar-refractivity contribution in [3.8, 4) is 0 Å². The van der Waals surface area contributed by atoms with E-state index in [4.69, 9.17) is 4.74 Å². The van der Waals surface area contributed by atoms with E-state index in [0.29, 0.717) is 17.9 Å². The molecule has 0 aliphatic carbocycles. The van der Waals surface area contributed by atoms with Crippen LogP contribution in [0.15, 0.2) is 30.3 Å². The second-order valence-electron chi connectivity index (χ2n) is 3.09. The van der Waals surface area contributed by atoms with Crippen LogP contribution in [0.3, 0.4) is 0 Å². The van der Waals surface area contributed by atoms with Gasteiger partial charge in [0.1, 0.15) is 0 Å². The summed E-state index contributed by atoms with van der Waals surface area (Å²) in [5.41, 5.74) is 0.449. The summed E-state index contributed by atoms with van der Waals surface area (Å²) in [4.78, 5) is 22.8. The number of hydrogen-bond acceptors (Lipinski definition) is 4. The molecule has 2 N–H and O–H groups in total. The van der Waals surface area contributed by atoms with E-state index in [1.807, 2.05) is 0 Å². The van der Waals surface area contributed by atoms with Gasteiger partial charge in [-0.05, 0) is 24.1 Å². The number of rotatable bonds is 5. The fourth-order valence-corrected chi connectivity index (χ4v) is 1.57. The fraction of sp³-hybridized carbons (Fsp3) is 0.273. The van der Waals surface area contributed by atoms with Crippen LogP contribution in [0, 0.1) is 0 Å². The van der Waals surface area contributed by atoms with Crippen molar-refractivity contribution in [1.29, 1.82) is 0 Å². The van der Waals surface area contributed by atoms with Crippen LogP contribution >= 0.6 is 11.9 Å². The van der Waals surface area contributed by atoms with Crippen molar-refractivity contribution in [3.63, 3.8) is 0 Å². The monoisotopic (exact) mass is 254 g/mol. The normalized spacial score (nSPS) is 9.71. The maximum Gasteiger partial charge on any atom is 0.331 e. The molecule has 0 radical (unpaired) electrons. The van der Waals surface area contributed by atoms with Gasteiger partial charge in [-0.3, -0.25) is 14.8 Å². The van der Waals surface area contributed by atoms with E-state index >= 15 is 0 Å². The zero-order chi connectivity index (χ0) is 12.5. The summed E-state index contributed by atoms with van der Waals surface area (Å²) in [6.07, 6.45) is 0. The van der Waals surface area contributed by atoms with Crippen molar-refractivity contribution in [2.45, 2.75) is 0 Å². The molecular formula is C11H14N2O3S. The zero-order valence-corrected chi connectivity index (χ0v) is 10.3. The first-order chi connectivity index (χ1) is 8.24. The molecule has 0 saturated carbocycles. The maximum absolute atomic E-state index is 11.5. The molecule has 0 spiro atoms. The predicted molar refractivity (Wildman–Crippen MR) is 66.8 cm³/mol. The number of carbonyl (C=O) groups excluding carboxylic acids is 2. The minimum atomic E-state index is -0.528. The second-order valence-corrected chi connectivity index (χ2v) is 3.99. The van der Waals surface area contributed by atoms with Gasteiger partial charge in [-0.15, -0.1) is 0 Å². The van der Waals surface area contributed by atoms with E-state index in [0.717, 1.165) is 0 Å². The third-order valence-corrected chi connectivity index (χ3v) is 2.52. The number of carbonyl (C=O) groups is 2. The summed E-state index contributed by atoms with van der Waals surface area (Å²) in [5, 5.41) is 2.22. The lowest BCUT2D eigenvalue weighted by atomic mass is 10.2. The molecule has 0 aliphatic heterocycles. The van der Waals surface area contributed by atoms with Gasteiger partial charge in [0.15, 0.2) is 0 Å². The van der Waals surface area contributed by atoms with Gasteiger partial charge in [-0.2, -0.15) is 0 Å². The van der Waals surface area contributed by atoms with Crippen molar-refractivity contribution in [3.05, 3.63) is 35.9 Å². The zero-order valence-electron chi connectivity index (χ0n) is 9.43. The van der Waals surface area contributed by atoms with E-state index in [1.54, 1.807) is 37.4 Å². The smallest absolute Gasteiger partial charge is 0.331 e. The molecule has 3 amide bonds. The average molecular weight is 254 g/mol. The SMILES string of the molecule is COCCSNC(=O)NC(=O)c1ccccc1. The first-order valence-electron chi connectivity index (χ1n) is 5.01. The Labute approximate surface area is 104 Å². The number of nitrogens with one attached hydrogen (secondary N) is 2. The third-order valence-electron chi connectivity index (χ3n) is 1.82. The molecule has 0 fully saturated rings. The summed E-state index contributed by atoms with van der Waals surface area (Å²) in [6, 6.07) is 8.03. The van der Waals surface area contributed by atoms with Crippen LogP contribution in [0.2, 0.25) is 0 Å². The average Bonchev–Trinajstić information content (AvgIpc) is 2.36. The Kier molecular flexibility index (Phi) is 6.13. The number of urea groups is 1. The molecule has 1 aromatic carbocycles.